The highest BCUT2D eigenvalue weighted by Gasteiger charge is 2.52. The topological polar surface area (TPSA) is 279 Å². The molecular formula is C108H81BBr2N13O9S2-. The molecule has 22 nitrogen and oxygen atoms in total. The van der Waals surface area contributed by atoms with Gasteiger partial charge in [0.25, 0.3) is 0 Å². The van der Waals surface area contributed by atoms with E-state index < -0.39 is 0 Å². The average molecular weight is 1940 g/mol. The number of hydrogen-bond donors (Lipinski definition) is 6. The first kappa shape index (κ1) is 101. The van der Waals surface area contributed by atoms with Crippen molar-refractivity contribution in [2.75, 3.05) is 50.3 Å². The monoisotopic (exact) mass is 1940 g/mol. The number of pyridine rings is 3. The zero-order chi connectivity index (χ0) is 95.7. The number of benzene rings is 2. The van der Waals surface area contributed by atoms with Crippen molar-refractivity contribution in [1.29, 1.82) is 0 Å². The number of rotatable bonds is 8. The summed E-state index contributed by atoms with van der Waals surface area (Å²) in [4.78, 5) is 74.2. The Balaban J connectivity index is 0.000000169. The number of aromatic nitrogens is 8. The SMILES string of the molecule is Brc1cnc2cc[nH]c2c1.C#CC#CC#CC#CC#CC#CC#CC#CC#CC#CC.CC1(C)OB(c2ccc3nc(NC(=O)C4CC4)sc3c2)OC1(C)C.NC1CCOCC1.O=C(NC1CCOCC1)n1ccc2ncc(Br)cc21.O=C(Nc1nc2ccc(-c3cnc4ccn(C(=O)NC5CCOCC5)c4c3)cc2s1)C1CC1.[C-]#CC#CC#CC#CC#CC#CC#CC#CC#CC#CC. The lowest BCUT2D eigenvalue weighted by molar-refractivity contribution is -0.118. The maximum atomic E-state index is 12.9. The Morgan fingerprint density at radius 1 is 0.459 bits per heavy atom. The first-order valence-electron chi connectivity index (χ1n) is 42.0. The van der Waals surface area contributed by atoms with Crippen molar-refractivity contribution in [3.8, 4) is 243 Å². The fourth-order valence-electron chi connectivity index (χ4n) is 11.8. The predicted octanol–water partition coefficient (Wildman–Crippen LogP) is 13.6. The van der Waals surface area contributed by atoms with Gasteiger partial charge in [0.15, 0.2) is 10.3 Å². The third-order valence-corrected chi connectivity index (χ3v) is 22.3. The molecule has 4 amide bonds. The van der Waals surface area contributed by atoms with Crippen LogP contribution in [0.1, 0.15) is 106 Å². The van der Waals surface area contributed by atoms with E-state index in [0.29, 0.717) is 42.7 Å². The van der Waals surface area contributed by atoms with Gasteiger partial charge in [-0.25, -0.2) is 25.5 Å². The number of halogens is 2. The van der Waals surface area contributed by atoms with Crippen molar-refractivity contribution in [2.45, 2.75) is 135 Å². The van der Waals surface area contributed by atoms with Crippen molar-refractivity contribution in [2.24, 2.45) is 17.6 Å². The largest absolute Gasteiger partial charge is 0.494 e. The van der Waals surface area contributed by atoms with Gasteiger partial charge in [0.2, 0.25) is 11.8 Å². The van der Waals surface area contributed by atoms with E-state index in [9.17, 15) is 19.2 Å². The molecule has 6 aliphatic rings. The summed E-state index contributed by atoms with van der Waals surface area (Å²) in [6, 6.07) is 24.0. The Kier molecular flexibility index (Phi) is 41.1. The number of amides is 4. The summed E-state index contributed by atoms with van der Waals surface area (Å²) in [6.07, 6.45) is 31.5. The molecule has 27 heteroatoms. The van der Waals surface area contributed by atoms with Crippen molar-refractivity contribution in [1.82, 2.24) is 49.7 Å². The molecule has 10 aromatic rings. The number of thiazole rings is 2. The second kappa shape index (κ2) is 54.7. The van der Waals surface area contributed by atoms with E-state index in [0.717, 1.165) is 156 Å². The van der Waals surface area contributed by atoms with Crippen LogP contribution in [0.25, 0.3) is 64.7 Å². The molecule has 0 spiro atoms. The lowest BCUT2D eigenvalue weighted by Gasteiger charge is -2.32. The molecule has 0 atom stereocenters. The van der Waals surface area contributed by atoms with Crippen LogP contribution < -0.4 is 32.5 Å². The van der Waals surface area contributed by atoms with E-state index in [2.05, 4.69) is 308 Å². The minimum absolute atomic E-state index is 0.0590. The zero-order valence-corrected chi connectivity index (χ0v) is 79.0. The van der Waals surface area contributed by atoms with Crippen LogP contribution >= 0.6 is 54.5 Å². The van der Waals surface area contributed by atoms with Gasteiger partial charge in [0.05, 0.1) is 64.7 Å². The Hall–Kier alpha value is -15.8. The van der Waals surface area contributed by atoms with E-state index in [1.807, 2.05) is 113 Å². The van der Waals surface area contributed by atoms with Crippen molar-refractivity contribution in [3.63, 3.8) is 0 Å². The summed E-state index contributed by atoms with van der Waals surface area (Å²) in [5.41, 5.74) is 14.7. The molecule has 4 aliphatic heterocycles. The number of nitrogens with zero attached hydrogens (tertiary/aromatic N) is 7. The summed E-state index contributed by atoms with van der Waals surface area (Å²) in [7, 11) is -0.383. The predicted molar refractivity (Wildman–Crippen MR) is 538 cm³/mol. The molecule has 2 aliphatic carbocycles. The van der Waals surface area contributed by atoms with Gasteiger partial charge >= 0.3 is 19.2 Å². The quantitative estimate of drug-likeness (QED) is 0.0469. The highest BCUT2D eigenvalue weighted by molar-refractivity contribution is 9.10. The summed E-state index contributed by atoms with van der Waals surface area (Å²) in [5, 5.41) is 13.3. The van der Waals surface area contributed by atoms with Gasteiger partial charge < -0.3 is 61.9 Å². The molecule has 2 aromatic carbocycles. The normalized spacial score (nSPS) is 13.7. The third-order valence-electron chi connectivity index (χ3n) is 19.6. The minimum atomic E-state index is -0.383. The number of nitrogens with one attached hydrogen (secondary N) is 5. The van der Waals surface area contributed by atoms with E-state index in [4.69, 9.17) is 42.1 Å². The van der Waals surface area contributed by atoms with Crippen LogP contribution in [-0.2, 0) is 33.1 Å². The summed E-state index contributed by atoms with van der Waals surface area (Å²) in [5.74, 6) is 93.7. The Morgan fingerprint density at radius 3 is 1.26 bits per heavy atom. The van der Waals surface area contributed by atoms with Crippen molar-refractivity contribution >= 4 is 155 Å². The number of fused-ring (bicyclic) bond motifs is 5. The molecular weight excluding hydrogens is 1860 g/mol. The van der Waals surface area contributed by atoms with Crippen LogP contribution in [0.2, 0.25) is 0 Å². The van der Waals surface area contributed by atoms with Gasteiger partial charge in [-0.3, -0.25) is 39.6 Å². The second-order valence-corrected chi connectivity index (χ2v) is 33.7. The van der Waals surface area contributed by atoms with Crippen LogP contribution in [0.4, 0.5) is 19.9 Å². The number of ether oxygens (including phenoxy) is 3. The summed E-state index contributed by atoms with van der Waals surface area (Å²) in [6.45, 7) is 16.1. The second-order valence-electron chi connectivity index (χ2n) is 29.8. The first-order valence-corrected chi connectivity index (χ1v) is 45.2. The van der Waals surface area contributed by atoms with Gasteiger partial charge in [-0.05, 0) is 393 Å². The van der Waals surface area contributed by atoms with Crippen molar-refractivity contribution < 1.29 is 42.7 Å². The van der Waals surface area contributed by atoms with Gasteiger partial charge in [-0.15, -0.1) is 12.3 Å². The minimum Gasteiger partial charge on any atom is -0.399 e. The first-order chi connectivity index (χ1) is 65.7. The number of aromatic amines is 1. The Bertz CT molecular complexity index is 7300. The van der Waals surface area contributed by atoms with E-state index >= 15 is 0 Å². The Labute approximate surface area is 812 Å². The van der Waals surface area contributed by atoms with Crippen molar-refractivity contribution in [3.05, 3.63) is 125 Å². The summed E-state index contributed by atoms with van der Waals surface area (Å²) >= 11 is 9.67. The van der Waals surface area contributed by atoms with Gasteiger partial charge in [0.1, 0.15) is 0 Å². The van der Waals surface area contributed by atoms with E-state index in [-0.39, 0.29) is 66.1 Å². The zero-order valence-electron chi connectivity index (χ0n) is 74.2. The fraction of sp³-hybridized carbons (Fsp3) is 0.269. The molecule has 12 heterocycles. The maximum Gasteiger partial charge on any atom is 0.494 e. The lowest BCUT2D eigenvalue weighted by Crippen LogP contribution is -2.41. The molecule has 0 unspecified atom stereocenters. The molecule has 662 valence electrons. The maximum absolute atomic E-state index is 12.9. The highest BCUT2D eigenvalue weighted by Crippen LogP contribution is 2.39. The number of anilines is 2. The van der Waals surface area contributed by atoms with E-state index in [1.54, 1.807) is 47.8 Å². The molecule has 4 saturated heterocycles. The number of H-pyrrole nitrogens is 1. The molecule has 8 aromatic heterocycles. The molecule has 16 rings (SSSR count). The fourth-order valence-corrected chi connectivity index (χ4v) is 14.3. The Morgan fingerprint density at radius 2 is 0.844 bits per heavy atom. The number of nitrogens with two attached hydrogens (primary N) is 1. The molecule has 0 radical (unpaired) electrons. The van der Waals surface area contributed by atoms with Gasteiger partial charge in [0, 0.05) is 133 Å². The number of carbonyl (C=O) groups excluding carboxylic acids is 4. The standard InChI is InChI=1S/C24H23N5O3S.C21H4.C21H3.C17H21BN2O3S.C13H14BrN3O2.C7H5BrN2.C5H11NO/c30-22(14-1-2-14)28-23-27-19-4-3-15(12-21(19)33-23)16-11-20-18(25-13-16)5-8-29(20)24(31)26-17-6-9-32-10-7-17;2*1-3-5-7-9-11-13-15-17-19-21-20-18-16-14-12-10-8-6-4-2;1-16(2)17(3,4)23-18(22-16)11-7-8-12-13(9-11)24-15(19-12)20-14(21)10-5-6-10;14-9-7-12-11(15-8-9)1-4-17(12)13(18)16-10-2-5-19-6-3-10;8-5-3-7-6(10-4-5)1-2-9-7;6-5-1-3-7-4-2-5/h3-5,8,11-14,17H,1-2,6-7,9-10H2,(H,26,31)(H,27,28,30);1H,2H3;1H3;7-10H,5-6H2,1-4H3,(H,19,20,21);1,4,7-8,10H,2-3,5-6H2,(H,16,18);1-4,9H;5H,1-4,6H2/q;;-1;;;;. The smallest absolute Gasteiger partial charge is 0.399 e. The molecule has 0 bridgehead atoms. The van der Waals surface area contributed by atoms with Crippen LogP contribution in [0.15, 0.2) is 119 Å². The van der Waals surface area contributed by atoms with E-state index in [1.165, 1.54) is 22.7 Å². The molecule has 7 N–H and O–H groups in total. The molecule has 6 fully saturated rings. The van der Waals surface area contributed by atoms with Crippen LogP contribution in [0, 0.1) is 250 Å². The highest BCUT2D eigenvalue weighted by atomic mass is 79.9. The van der Waals surface area contributed by atoms with Gasteiger partial charge in [-0.2, -0.15) is 0 Å². The lowest BCUT2D eigenvalue weighted by atomic mass is 9.79. The average Bonchev–Trinajstić information content (AvgIpc) is 1.60. The number of terminal acetylenes is 1. The molecule has 135 heavy (non-hydrogen) atoms. The number of hydrogen-bond acceptors (Lipinski definition) is 17. The third kappa shape index (κ3) is 34.8. The molecule has 2 saturated carbocycles. The van der Waals surface area contributed by atoms with Gasteiger partial charge in [-0.1, -0.05) is 46.6 Å². The van der Waals surface area contributed by atoms with Crippen LogP contribution in [0.5, 0.6) is 0 Å². The van der Waals surface area contributed by atoms with Crippen LogP contribution in [0.3, 0.4) is 0 Å². The summed E-state index contributed by atoms with van der Waals surface area (Å²) < 4.78 is 35.0. The van der Waals surface area contributed by atoms with Crippen LogP contribution in [-0.4, -0.2) is 139 Å². The number of carbonyl (C=O) groups is 4.